The van der Waals surface area contributed by atoms with Crippen LogP contribution in [0.25, 0.3) is 0 Å². The van der Waals surface area contributed by atoms with E-state index < -0.39 is 16.2 Å². The minimum atomic E-state index is -3.74. The number of nitrogens with one attached hydrogen (secondary N) is 2. The lowest BCUT2D eigenvalue weighted by Crippen LogP contribution is -2.35. The fourth-order valence-corrected chi connectivity index (χ4v) is 2.61. The Labute approximate surface area is 110 Å². The maximum Gasteiger partial charge on any atom is 0.335 e. The summed E-state index contributed by atoms with van der Waals surface area (Å²) >= 11 is 5.71. The largest absolute Gasteiger partial charge is 0.478 e. The van der Waals surface area contributed by atoms with Crippen LogP contribution in [0.1, 0.15) is 24.2 Å². The summed E-state index contributed by atoms with van der Waals surface area (Å²) in [7, 11) is -3.74. The van der Waals surface area contributed by atoms with E-state index in [9.17, 15) is 13.2 Å². The van der Waals surface area contributed by atoms with Crippen molar-refractivity contribution in [3.63, 3.8) is 0 Å². The van der Waals surface area contributed by atoms with Crippen LogP contribution in [0.15, 0.2) is 18.2 Å². The molecule has 100 valence electrons. The summed E-state index contributed by atoms with van der Waals surface area (Å²) < 4.78 is 27.7. The summed E-state index contributed by atoms with van der Waals surface area (Å²) in [6.07, 6.45) is 0. The van der Waals surface area contributed by atoms with Gasteiger partial charge < -0.3 is 5.11 Å². The van der Waals surface area contributed by atoms with E-state index in [2.05, 4.69) is 9.44 Å². The van der Waals surface area contributed by atoms with Crippen molar-refractivity contribution in [3.8, 4) is 0 Å². The second-order valence-electron chi connectivity index (χ2n) is 3.91. The molecule has 0 saturated heterocycles. The second-order valence-corrected chi connectivity index (χ2v) is 5.79. The Morgan fingerprint density at radius 3 is 2.44 bits per heavy atom. The first-order valence-electron chi connectivity index (χ1n) is 5.03. The standard InChI is InChI=1S/C10H13ClN2O4S/c1-6(2)12-18(16,17)13-9-4-7(10(14)15)3-8(11)5-9/h3-6,12-13H,1-2H3,(H,14,15). The van der Waals surface area contributed by atoms with Gasteiger partial charge in [-0.15, -0.1) is 0 Å². The van der Waals surface area contributed by atoms with Gasteiger partial charge in [0.05, 0.1) is 11.3 Å². The predicted molar refractivity (Wildman–Crippen MR) is 69.2 cm³/mol. The van der Waals surface area contributed by atoms with Gasteiger partial charge in [-0.1, -0.05) is 11.6 Å². The highest BCUT2D eigenvalue weighted by Gasteiger charge is 2.13. The van der Waals surface area contributed by atoms with Gasteiger partial charge in [-0.3, -0.25) is 4.72 Å². The Kier molecular flexibility index (Phi) is 4.55. The summed E-state index contributed by atoms with van der Waals surface area (Å²) in [6.45, 7) is 3.33. The summed E-state index contributed by atoms with van der Waals surface area (Å²) in [5.74, 6) is -1.19. The number of carboxylic acid groups (broad SMARTS) is 1. The van der Waals surface area contributed by atoms with Crippen LogP contribution in [0.4, 0.5) is 5.69 Å². The first-order chi connectivity index (χ1) is 8.19. The summed E-state index contributed by atoms with van der Waals surface area (Å²) in [5.41, 5.74) is -0.00204. The normalized spacial score (nSPS) is 11.6. The fraction of sp³-hybridized carbons (Fsp3) is 0.300. The van der Waals surface area contributed by atoms with Gasteiger partial charge in [-0.2, -0.15) is 13.1 Å². The molecule has 0 spiro atoms. The molecule has 0 heterocycles. The Morgan fingerprint density at radius 2 is 1.94 bits per heavy atom. The van der Waals surface area contributed by atoms with Crippen molar-refractivity contribution in [1.29, 1.82) is 0 Å². The zero-order chi connectivity index (χ0) is 13.9. The minimum absolute atomic E-state index is 0.0908. The number of halogens is 1. The van der Waals surface area contributed by atoms with Crippen molar-refractivity contribution in [2.24, 2.45) is 0 Å². The Balaban J connectivity index is 3.01. The molecule has 18 heavy (non-hydrogen) atoms. The first kappa shape index (κ1) is 14.7. The van der Waals surface area contributed by atoms with Crippen molar-refractivity contribution in [3.05, 3.63) is 28.8 Å². The van der Waals surface area contributed by atoms with Crippen LogP contribution in [0, 0.1) is 0 Å². The lowest BCUT2D eigenvalue weighted by atomic mass is 10.2. The Hall–Kier alpha value is -1.31. The van der Waals surface area contributed by atoms with Crippen molar-refractivity contribution >= 4 is 33.5 Å². The molecule has 0 aliphatic carbocycles. The number of hydrogen-bond donors (Lipinski definition) is 3. The van der Waals surface area contributed by atoms with Crippen LogP contribution in [-0.4, -0.2) is 25.5 Å². The highest BCUT2D eigenvalue weighted by molar-refractivity contribution is 7.90. The van der Waals surface area contributed by atoms with Gasteiger partial charge in [0.2, 0.25) is 0 Å². The molecule has 8 heteroatoms. The number of aromatic carboxylic acids is 1. The number of benzene rings is 1. The summed E-state index contributed by atoms with van der Waals surface area (Å²) in [4.78, 5) is 10.8. The van der Waals surface area contributed by atoms with E-state index in [1.807, 2.05) is 0 Å². The lowest BCUT2D eigenvalue weighted by Gasteiger charge is -2.12. The summed E-state index contributed by atoms with van der Waals surface area (Å²) in [5, 5.41) is 8.96. The fourth-order valence-electron chi connectivity index (χ4n) is 1.27. The quantitative estimate of drug-likeness (QED) is 0.769. The first-order valence-corrected chi connectivity index (χ1v) is 6.89. The minimum Gasteiger partial charge on any atom is -0.478 e. The van der Waals surface area contributed by atoms with Crippen molar-refractivity contribution in [2.45, 2.75) is 19.9 Å². The molecule has 0 bridgehead atoms. The van der Waals surface area contributed by atoms with E-state index in [1.54, 1.807) is 13.8 Å². The molecule has 0 amide bonds. The highest BCUT2D eigenvalue weighted by atomic mass is 35.5. The SMILES string of the molecule is CC(C)NS(=O)(=O)Nc1cc(Cl)cc(C(=O)O)c1. The van der Waals surface area contributed by atoms with Gasteiger partial charge in [-0.05, 0) is 32.0 Å². The third-order valence-electron chi connectivity index (χ3n) is 1.79. The van der Waals surface area contributed by atoms with Crippen LogP contribution in [0.3, 0.4) is 0 Å². The third-order valence-corrected chi connectivity index (χ3v) is 3.29. The molecule has 0 aromatic heterocycles. The molecular weight excluding hydrogens is 280 g/mol. The van der Waals surface area contributed by atoms with E-state index in [0.29, 0.717) is 0 Å². The van der Waals surface area contributed by atoms with E-state index in [1.165, 1.54) is 18.2 Å². The molecule has 0 unspecified atom stereocenters. The molecule has 0 saturated carbocycles. The van der Waals surface area contributed by atoms with E-state index >= 15 is 0 Å². The molecule has 1 aromatic rings. The maximum atomic E-state index is 11.6. The molecule has 6 nitrogen and oxygen atoms in total. The Morgan fingerprint density at radius 1 is 1.33 bits per heavy atom. The van der Waals surface area contributed by atoms with Gasteiger partial charge in [0.25, 0.3) is 10.2 Å². The lowest BCUT2D eigenvalue weighted by molar-refractivity contribution is 0.0697. The van der Waals surface area contributed by atoms with Crippen LogP contribution < -0.4 is 9.44 Å². The van der Waals surface area contributed by atoms with Crippen molar-refractivity contribution in [2.75, 3.05) is 4.72 Å². The van der Waals surface area contributed by atoms with Crippen molar-refractivity contribution in [1.82, 2.24) is 4.72 Å². The molecule has 0 radical (unpaired) electrons. The predicted octanol–water partition coefficient (Wildman–Crippen LogP) is 1.69. The third kappa shape index (κ3) is 4.52. The molecular formula is C10H13ClN2O4S. The van der Waals surface area contributed by atoms with E-state index in [4.69, 9.17) is 16.7 Å². The molecule has 0 atom stereocenters. The molecule has 1 rings (SSSR count). The average molecular weight is 293 g/mol. The molecule has 3 N–H and O–H groups in total. The number of carbonyl (C=O) groups is 1. The average Bonchev–Trinajstić information content (AvgIpc) is 2.12. The van der Waals surface area contributed by atoms with Crippen LogP contribution in [0.5, 0.6) is 0 Å². The van der Waals surface area contributed by atoms with Gasteiger partial charge >= 0.3 is 5.97 Å². The van der Waals surface area contributed by atoms with Crippen molar-refractivity contribution < 1.29 is 18.3 Å². The van der Waals surface area contributed by atoms with Gasteiger partial charge in [0.15, 0.2) is 0 Å². The zero-order valence-electron chi connectivity index (χ0n) is 9.77. The van der Waals surface area contributed by atoms with Crippen LogP contribution >= 0.6 is 11.6 Å². The summed E-state index contributed by atoms with van der Waals surface area (Å²) in [6, 6.07) is 3.47. The number of carboxylic acids is 1. The molecule has 1 aromatic carbocycles. The van der Waals surface area contributed by atoms with E-state index in [-0.39, 0.29) is 22.3 Å². The molecule has 0 fully saturated rings. The topological polar surface area (TPSA) is 95.5 Å². The second kappa shape index (κ2) is 5.55. The van der Waals surface area contributed by atoms with Crippen LogP contribution in [-0.2, 0) is 10.2 Å². The zero-order valence-corrected chi connectivity index (χ0v) is 11.3. The smallest absolute Gasteiger partial charge is 0.335 e. The van der Waals surface area contributed by atoms with E-state index in [0.717, 1.165) is 0 Å². The highest BCUT2D eigenvalue weighted by Crippen LogP contribution is 2.19. The van der Waals surface area contributed by atoms with Gasteiger partial charge in [0.1, 0.15) is 0 Å². The maximum absolute atomic E-state index is 11.6. The number of rotatable bonds is 5. The monoisotopic (exact) mass is 292 g/mol. The Bertz CT molecular complexity index is 557. The van der Waals surface area contributed by atoms with Gasteiger partial charge in [-0.25, -0.2) is 4.79 Å². The van der Waals surface area contributed by atoms with Gasteiger partial charge in [0, 0.05) is 11.1 Å². The number of anilines is 1. The van der Waals surface area contributed by atoms with Crippen LogP contribution in [0.2, 0.25) is 5.02 Å². The molecule has 0 aliphatic heterocycles. The molecule has 0 aliphatic rings. The number of hydrogen-bond acceptors (Lipinski definition) is 3.